The first kappa shape index (κ1) is 9.90. The molecular formula is C10H16N2OS. The number of nitrogens with two attached hydrogens (primary N) is 1. The van der Waals surface area contributed by atoms with Crippen LogP contribution in [0.15, 0.2) is 0 Å². The Labute approximate surface area is 89.6 Å². The molecular weight excluding hydrogens is 196 g/mol. The van der Waals surface area contributed by atoms with Crippen molar-refractivity contribution in [1.29, 1.82) is 0 Å². The molecule has 2 saturated carbocycles. The van der Waals surface area contributed by atoms with Crippen molar-refractivity contribution in [2.24, 2.45) is 11.1 Å². The Kier molecular flexibility index (Phi) is 2.26. The molecule has 0 spiro atoms. The van der Waals surface area contributed by atoms with Crippen LogP contribution in [0.3, 0.4) is 0 Å². The van der Waals surface area contributed by atoms with E-state index in [1.165, 1.54) is 6.42 Å². The maximum absolute atomic E-state index is 12.1. The van der Waals surface area contributed by atoms with Crippen LogP contribution in [-0.2, 0) is 4.79 Å². The van der Waals surface area contributed by atoms with Crippen LogP contribution in [0.2, 0.25) is 0 Å². The fraction of sp³-hybridized carbons (Fsp3) is 0.800. The number of hydrogen-bond acceptors (Lipinski definition) is 2. The monoisotopic (exact) mass is 212 g/mol. The molecule has 0 atom stereocenters. The van der Waals surface area contributed by atoms with Gasteiger partial charge >= 0.3 is 0 Å². The van der Waals surface area contributed by atoms with E-state index in [0.29, 0.717) is 11.0 Å². The Morgan fingerprint density at radius 3 is 2.36 bits per heavy atom. The van der Waals surface area contributed by atoms with Gasteiger partial charge < -0.3 is 10.6 Å². The van der Waals surface area contributed by atoms with Gasteiger partial charge in [0.1, 0.15) is 0 Å². The summed E-state index contributed by atoms with van der Waals surface area (Å²) in [5, 5.41) is 0. The van der Waals surface area contributed by atoms with Gasteiger partial charge in [0.2, 0.25) is 5.91 Å². The van der Waals surface area contributed by atoms with Crippen molar-refractivity contribution in [3.8, 4) is 0 Å². The van der Waals surface area contributed by atoms with Crippen LogP contribution in [0.1, 0.15) is 32.1 Å². The van der Waals surface area contributed by atoms with E-state index in [1.807, 2.05) is 11.9 Å². The molecule has 0 aromatic rings. The van der Waals surface area contributed by atoms with Crippen LogP contribution in [0, 0.1) is 5.41 Å². The lowest BCUT2D eigenvalue weighted by atomic mass is 9.90. The molecule has 4 heteroatoms. The molecule has 0 aromatic carbocycles. The highest BCUT2D eigenvalue weighted by atomic mass is 32.1. The Morgan fingerprint density at radius 2 is 2.07 bits per heavy atom. The molecule has 0 saturated heterocycles. The topological polar surface area (TPSA) is 46.3 Å². The Morgan fingerprint density at radius 1 is 1.50 bits per heavy atom. The SMILES string of the molecule is CN(C(=O)C1(C(N)=S)CC1)C1CCC1. The molecule has 2 fully saturated rings. The number of amides is 1. The molecule has 78 valence electrons. The fourth-order valence-corrected chi connectivity index (χ4v) is 2.26. The molecule has 2 rings (SSSR count). The van der Waals surface area contributed by atoms with Crippen LogP contribution in [-0.4, -0.2) is 28.9 Å². The van der Waals surface area contributed by atoms with Gasteiger partial charge in [0, 0.05) is 13.1 Å². The second kappa shape index (κ2) is 3.19. The summed E-state index contributed by atoms with van der Waals surface area (Å²) in [5.41, 5.74) is 5.16. The van der Waals surface area contributed by atoms with E-state index < -0.39 is 5.41 Å². The highest BCUT2D eigenvalue weighted by Crippen LogP contribution is 2.48. The number of carbonyl (C=O) groups excluding carboxylic acids is 1. The molecule has 2 aliphatic rings. The van der Waals surface area contributed by atoms with E-state index in [4.69, 9.17) is 18.0 Å². The summed E-state index contributed by atoms with van der Waals surface area (Å²) >= 11 is 4.96. The average Bonchev–Trinajstić information content (AvgIpc) is 2.79. The molecule has 2 aliphatic carbocycles. The van der Waals surface area contributed by atoms with Gasteiger partial charge in [-0.2, -0.15) is 0 Å². The predicted molar refractivity (Wildman–Crippen MR) is 58.9 cm³/mol. The lowest BCUT2D eigenvalue weighted by Crippen LogP contribution is -2.47. The van der Waals surface area contributed by atoms with E-state index in [9.17, 15) is 4.79 Å². The van der Waals surface area contributed by atoms with Crippen molar-refractivity contribution < 1.29 is 4.79 Å². The molecule has 1 amide bonds. The standard InChI is InChI=1S/C10H16N2OS/c1-12(7-3-2-4-7)9(13)10(5-6-10)8(11)14/h7H,2-6H2,1H3,(H2,11,14). The minimum absolute atomic E-state index is 0.148. The summed E-state index contributed by atoms with van der Waals surface area (Å²) in [5.74, 6) is 0.148. The Hall–Kier alpha value is -0.640. The van der Waals surface area contributed by atoms with E-state index in [0.717, 1.165) is 25.7 Å². The smallest absolute Gasteiger partial charge is 0.235 e. The van der Waals surface area contributed by atoms with Crippen molar-refractivity contribution in [3.63, 3.8) is 0 Å². The van der Waals surface area contributed by atoms with Gasteiger partial charge in [-0.05, 0) is 32.1 Å². The van der Waals surface area contributed by atoms with Crippen molar-refractivity contribution in [1.82, 2.24) is 4.90 Å². The molecule has 0 aliphatic heterocycles. The van der Waals surface area contributed by atoms with E-state index >= 15 is 0 Å². The number of carbonyl (C=O) groups is 1. The maximum atomic E-state index is 12.1. The quantitative estimate of drug-likeness (QED) is 0.712. The zero-order valence-electron chi connectivity index (χ0n) is 8.45. The summed E-state index contributed by atoms with van der Waals surface area (Å²) in [6.45, 7) is 0. The highest BCUT2D eigenvalue weighted by Gasteiger charge is 2.54. The van der Waals surface area contributed by atoms with E-state index in [1.54, 1.807) is 0 Å². The maximum Gasteiger partial charge on any atom is 0.235 e. The normalized spacial score (nSPS) is 23.8. The van der Waals surface area contributed by atoms with Gasteiger partial charge in [-0.3, -0.25) is 4.79 Å². The van der Waals surface area contributed by atoms with Crippen molar-refractivity contribution in [2.75, 3.05) is 7.05 Å². The van der Waals surface area contributed by atoms with Crippen LogP contribution in [0.4, 0.5) is 0 Å². The first-order valence-corrected chi connectivity index (χ1v) is 5.56. The minimum atomic E-state index is -0.459. The summed E-state index contributed by atoms with van der Waals surface area (Å²) in [7, 11) is 1.88. The lowest BCUT2D eigenvalue weighted by Gasteiger charge is -2.36. The molecule has 0 bridgehead atoms. The van der Waals surface area contributed by atoms with Crippen LogP contribution < -0.4 is 5.73 Å². The third-order valence-corrected chi connectivity index (χ3v) is 3.96. The number of hydrogen-bond donors (Lipinski definition) is 1. The first-order chi connectivity index (χ1) is 6.58. The summed E-state index contributed by atoms with van der Waals surface area (Å²) in [4.78, 5) is 14.3. The summed E-state index contributed by atoms with van der Waals surface area (Å²) < 4.78 is 0. The van der Waals surface area contributed by atoms with Crippen molar-refractivity contribution in [3.05, 3.63) is 0 Å². The third kappa shape index (κ3) is 1.32. The summed E-state index contributed by atoms with van der Waals surface area (Å²) in [6.07, 6.45) is 5.20. The second-order valence-corrected chi connectivity index (χ2v) is 4.89. The zero-order chi connectivity index (χ0) is 10.3. The summed E-state index contributed by atoms with van der Waals surface area (Å²) in [6, 6.07) is 0.439. The Bertz CT molecular complexity index is 282. The largest absolute Gasteiger partial charge is 0.392 e. The molecule has 0 aromatic heterocycles. The molecule has 0 radical (unpaired) electrons. The highest BCUT2D eigenvalue weighted by molar-refractivity contribution is 7.80. The molecule has 0 unspecified atom stereocenters. The second-order valence-electron chi connectivity index (χ2n) is 4.45. The van der Waals surface area contributed by atoms with Crippen molar-refractivity contribution in [2.45, 2.75) is 38.1 Å². The average molecular weight is 212 g/mol. The Balaban J connectivity index is 2.04. The van der Waals surface area contributed by atoms with Gasteiger partial charge in [0.25, 0.3) is 0 Å². The van der Waals surface area contributed by atoms with Gasteiger partial charge in [0.05, 0.1) is 10.4 Å². The van der Waals surface area contributed by atoms with Gasteiger partial charge in [0.15, 0.2) is 0 Å². The van der Waals surface area contributed by atoms with Crippen LogP contribution in [0.5, 0.6) is 0 Å². The molecule has 0 heterocycles. The number of nitrogens with zero attached hydrogens (tertiary/aromatic N) is 1. The fourth-order valence-electron chi connectivity index (χ4n) is 1.97. The molecule has 2 N–H and O–H groups in total. The first-order valence-electron chi connectivity index (χ1n) is 5.15. The lowest BCUT2D eigenvalue weighted by molar-refractivity contribution is -0.136. The third-order valence-electron chi connectivity index (χ3n) is 3.57. The van der Waals surface area contributed by atoms with E-state index in [-0.39, 0.29) is 5.91 Å². The zero-order valence-corrected chi connectivity index (χ0v) is 9.27. The van der Waals surface area contributed by atoms with Crippen LogP contribution >= 0.6 is 12.2 Å². The van der Waals surface area contributed by atoms with Crippen molar-refractivity contribution >= 4 is 23.1 Å². The van der Waals surface area contributed by atoms with Gasteiger partial charge in [-0.25, -0.2) is 0 Å². The number of rotatable bonds is 3. The van der Waals surface area contributed by atoms with Gasteiger partial charge in [-0.15, -0.1) is 0 Å². The van der Waals surface area contributed by atoms with Crippen LogP contribution in [0.25, 0.3) is 0 Å². The predicted octanol–water partition coefficient (Wildman–Crippen LogP) is 1.06. The minimum Gasteiger partial charge on any atom is -0.392 e. The number of thiocarbonyl (C=S) groups is 1. The molecule has 14 heavy (non-hydrogen) atoms. The van der Waals surface area contributed by atoms with E-state index in [2.05, 4.69) is 0 Å². The molecule has 3 nitrogen and oxygen atoms in total. The van der Waals surface area contributed by atoms with Gasteiger partial charge in [-0.1, -0.05) is 12.2 Å².